The van der Waals surface area contributed by atoms with Crippen molar-refractivity contribution in [2.75, 3.05) is 13.1 Å². The third-order valence-electron chi connectivity index (χ3n) is 3.37. The van der Waals surface area contributed by atoms with Gasteiger partial charge in [-0.05, 0) is 37.6 Å². The van der Waals surface area contributed by atoms with Crippen LogP contribution in [0.4, 0.5) is 0 Å². The molecule has 1 aliphatic rings. The van der Waals surface area contributed by atoms with E-state index in [9.17, 15) is 9.59 Å². The van der Waals surface area contributed by atoms with Crippen LogP contribution in [0, 0.1) is 5.92 Å². The van der Waals surface area contributed by atoms with E-state index < -0.39 is 5.76 Å². The first-order chi connectivity index (χ1) is 8.74. The van der Waals surface area contributed by atoms with Gasteiger partial charge in [0.15, 0.2) is 11.4 Å². The van der Waals surface area contributed by atoms with Crippen molar-refractivity contribution in [2.24, 2.45) is 5.92 Å². The highest BCUT2D eigenvalue weighted by Gasteiger charge is 2.22. The van der Waals surface area contributed by atoms with Gasteiger partial charge in [-0.25, -0.2) is 4.79 Å². The largest absolute Gasteiger partial charge is 0.417 e. The van der Waals surface area contributed by atoms with E-state index in [0.717, 1.165) is 25.9 Å². The van der Waals surface area contributed by atoms with Crippen LogP contribution in [0.15, 0.2) is 27.4 Å². The molecule has 5 nitrogen and oxygen atoms in total. The second-order valence-electron chi connectivity index (χ2n) is 4.63. The Morgan fingerprint density at radius 3 is 3.06 bits per heavy atom. The summed E-state index contributed by atoms with van der Waals surface area (Å²) >= 11 is 0. The monoisotopic (exact) mass is 246 g/mol. The number of hydrogen-bond acceptors (Lipinski definition) is 4. The summed E-state index contributed by atoms with van der Waals surface area (Å²) in [7, 11) is 0. The molecule has 18 heavy (non-hydrogen) atoms. The van der Waals surface area contributed by atoms with Gasteiger partial charge in [0.25, 0.3) is 0 Å². The molecule has 3 rings (SSSR count). The summed E-state index contributed by atoms with van der Waals surface area (Å²) in [6.45, 7) is 1.71. The summed E-state index contributed by atoms with van der Waals surface area (Å²) in [5, 5.41) is 3.23. The van der Waals surface area contributed by atoms with Gasteiger partial charge in [0.2, 0.25) is 0 Å². The number of oxazole rings is 1. The topological polar surface area (TPSA) is 75.1 Å². The highest BCUT2D eigenvalue weighted by Crippen LogP contribution is 2.19. The van der Waals surface area contributed by atoms with Gasteiger partial charge < -0.3 is 9.73 Å². The molecule has 2 aromatic rings. The van der Waals surface area contributed by atoms with Gasteiger partial charge in [-0.3, -0.25) is 9.78 Å². The minimum Gasteiger partial charge on any atom is -0.408 e. The van der Waals surface area contributed by atoms with Gasteiger partial charge in [0.1, 0.15) is 0 Å². The third-order valence-corrected chi connectivity index (χ3v) is 3.37. The van der Waals surface area contributed by atoms with Gasteiger partial charge in [-0.15, -0.1) is 0 Å². The highest BCUT2D eigenvalue weighted by atomic mass is 16.4. The van der Waals surface area contributed by atoms with Crippen LogP contribution in [-0.2, 0) is 0 Å². The molecule has 0 bridgehead atoms. The number of fused-ring (bicyclic) bond motifs is 1. The number of H-pyrrole nitrogens is 1. The Balaban J connectivity index is 1.92. The van der Waals surface area contributed by atoms with Crippen molar-refractivity contribution in [3.63, 3.8) is 0 Å². The average Bonchev–Trinajstić information content (AvgIpc) is 2.78. The lowest BCUT2D eigenvalue weighted by molar-refractivity contribution is 0.0899. The Morgan fingerprint density at radius 2 is 2.28 bits per heavy atom. The molecule has 1 saturated heterocycles. The minimum absolute atomic E-state index is 0.0295. The minimum atomic E-state index is -0.492. The van der Waals surface area contributed by atoms with Gasteiger partial charge in [0, 0.05) is 18.0 Å². The summed E-state index contributed by atoms with van der Waals surface area (Å²) in [6.07, 6.45) is 1.94. The van der Waals surface area contributed by atoms with Crippen LogP contribution >= 0.6 is 0 Å². The van der Waals surface area contributed by atoms with Crippen LogP contribution in [0.1, 0.15) is 23.2 Å². The molecule has 0 radical (unpaired) electrons. The number of carbonyl (C=O) groups excluding carboxylic acids is 1. The van der Waals surface area contributed by atoms with E-state index in [1.807, 2.05) is 0 Å². The zero-order chi connectivity index (χ0) is 12.5. The second-order valence-corrected chi connectivity index (χ2v) is 4.63. The molecular weight excluding hydrogens is 232 g/mol. The van der Waals surface area contributed by atoms with Crippen molar-refractivity contribution in [2.45, 2.75) is 12.8 Å². The quantitative estimate of drug-likeness (QED) is 0.783. The summed E-state index contributed by atoms with van der Waals surface area (Å²) in [5.74, 6) is -0.344. The molecule has 0 aliphatic carbocycles. The molecule has 1 aliphatic heterocycles. The number of nitrogens with one attached hydrogen (secondary N) is 2. The summed E-state index contributed by atoms with van der Waals surface area (Å²) in [6, 6.07) is 5.10. The third kappa shape index (κ3) is 1.97. The number of benzene rings is 1. The molecule has 0 amide bonds. The Hall–Kier alpha value is -1.88. The first-order valence-electron chi connectivity index (χ1n) is 6.12. The molecule has 1 fully saturated rings. The smallest absolute Gasteiger partial charge is 0.408 e. The number of Topliss-reactive ketones (excluding diaryl/α,β-unsaturated/α-hetero) is 1. The van der Waals surface area contributed by atoms with E-state index >= 15 is 0 Å². The number of piperidine rings is 1. The first-order valence-corrected chi connectivity index (χ1v) is 6.12. The van der Waals surface area contributed by atoms with Gasteiger partial charge >= 0.3 is 5.76 Å². The summed E-state index contributed by atoms with van der Waals surface area (Å²) < 4.78 is 4.97. The molecule has 0 spiro atoms. The Labute approximate surface area is 103 Å². The highest BCUT2D eigenvalue weighted by molar-refractivity contribution is 6.00. The van der Waals surface area contributed by atoms with Crippen LogP contribution in [0.25, 0.3) is 11.1 Å². The summed E-state index contributed by atoms with van der Waals surface area (Å²) in [4.78, 5) is 25.9. The van der Waals surface area contributed by atoms with Gasteiger partial charge in [0.05, 0.1) is 5.52 Å². The first kappa shape index (κ1) is 11.2. The predicted octanol–water partition coefficient (Wildman–Crippen LogP) is 1.30. The molecule has 1 atom stereocenters. The fourth-order valence-electron chi connectivity index (χ4n) is 2.41. The molecule has 94 valence electrons. The van der Waals surface area contributed by atoms with Crippen LogP contribution in [0.2, 0.25) is 0 Å². The van der Waals surface area contributed by atoms with Crippen molar-refractivity contribution < 1.29 is 9.21 Å². The second kappa shape index (κ2) is 4.42. The fraction of sp³-hybridized carbons (Fsp3) is 0.385. The molecule has 5 heteroatoms. The molecule has 1 aromatic heterocycles. The van der Waals surface area contributed by atoms with E-state index in [1.165, 1.54) is 0 Å². The summed E-state index contributed by atoms with van der Waals surface area (Å²) in [5.41, 5.74) is 1.67. The number of ketones is 1. The van der Waals surface area contributed by atoms with Crippen LogP contribution in [-0.4, -0.2) is 23.9 Å². The average molecular weight is 246 g/mol. The van der Waals surface area contributed by atoms with E-state index in [0.29, 0.717) is 16.7 Å². The van der Waals surface area contributed by atoms with E-state index in [4.69, 9.17) is 4.42 Å². The van der Waals surface area contributed by atoms with Crippen molar-refractivity contribution >= 4 is 16.9 Å². The standard InChI is InChI=1S/C13H14N2O3/c16-12(9-2-1-5-14-7-9)8-3-4-10-11(6-8)18-13(17)15-10/h3-4,6,9,14H,1-2,5,7H2,(H,15,17). The van der Waals surface area contributed by atoms with Crippen molar-refractivity contribution in [1.82, 2.24) is 10.3 Å². The van der Waals surface area contributed by atoms with E-state index in [2.05, 4.69) is 10.3 Å². The maximum atomic E-state index is 12.3. The lowest BCUT2D eigenvalue weighted by Gasteiger charge is -2.21. The Morgan fingerprint density at radius 1 is 1.39 bits per heavy atom. The Bertz CT molecular complexity index is 635. The zero-order valence-electron chi connectivity index (χ0n) is 9.86. The number of aromatic amines is 1. The number of hydrogen-bond donors (Lipinski definition) is 2. The van der Waals surface area contributed by atoms with Crippen molar-refractivity contribution in [3.05, 3.63) is 34.3 Å². The Kier molecular flexibility index (Phi) is 2.76. The molecule has 1 unspecified atom stereocenters. The molecule has 2 N–H and O–H groups in total. The van der Waals surface area contributed by atoms with Crippen LogP contribution < -0.4 is 11.1 Å². The normalized spacial score (nSPS) is 20.1. The molecule has 2 heterocycles. The number of aromatic nitrogens is 1. The number of carbonyl (C=O) groups is 1. The van der Waals surface area contributed by atoms with E-state index in [1.54, 1.807) is 18.2 Å². The van der Waals surface area contributed by atoms with Gasteiger partial charge in [-0.1, -0.05) is 0 Å². The van der Waals surface area contributed by atoms with Crippen molar-refractivity contribution in [1.29, 1.82) is 0 Å². The fourth-order valence-corrected chi connectivity index (χ4v) is 2.41. The molecule has 0 saturated carbocycles. The van der Waals surface area contributed by atoms with Gasteiger partial charge in [-0.2, -0.15) is 0 Å². The number of rotatable bonds is 2. The lowest BCUT2D eigenvalue weighted by atomic mass is 9.91. The van der Waals surface area contributed by atoms with Crippen LogP contribution in [0.3, 0.4) is 0 Å². The SMILES string of the molecule is O=C(c1ccc2[nH]c(=O)oc2c1)C1CCCNC1. The van der Waals surface area contributed by atoms with Crippen LogP contribution in [0.5, 0.6) is 0 Å². The van der Waals surface area contributed by atoms with E-state index in [-0.39, 0.29) is 11.7 Å². The predicted molar refractivity (Wildman–Crippen MR) is 66.8 cm³/mol. The molecular formula is C13H14N2O3. The lowest BCUT2D eigenvalue weighted by Crippen LogP contribution is -2.34. The maximum Gasteiger partial charge on any atom is 0.417 e. The van der Waals surface area contributed by atoms with Crippen molar-refractivity contribution in [3.8, 4) is 0 Å². The maximum absolute atomic E-state index is 12.3. The molecule has 1 aromatic carbocycles. The zero-order valence-corrected chi connectivity index (χ0v) is 9.86.